The molecule has 0 bridgehead atoms. The van der Waals surface area contributed by atoms with Gasteiger partial charge in [0.25, 0.3) is 0 Å². The molecule has 0 radical (unpaired) electrons. The van der Waals surface area contributed by atoms with Gasteiger partial charge in [0, 0.05) is 5.56 Å². The molecule has 0 amide bonds. The van der Waals surface area contributed by atoms with Gasteiger partial charge in [-0.2, -0.15) is 0 Å². The maximum atomic E-state index is 13.8. The topological polar surface area (TPSA) is 29.5 Å². The molecule has 0 fully saturated rings. The van der Waals surface area contributed by atoms with E-state index in [0.29, 0.717) is 17.9 Å². The Balaban J connectivity index is 2.32. The number of hydrogen-bond donors (Lipinski definition) is 1. The van der Waals surface area contributed by atoms with Gasteiger partial charge in [-0.25, -0.2) is 4.39 Å². The molecule has 0 aromatic heterocycles. The Bertz CT molecular complexity index is 566. The fraction of sp³-hybridized carbons (Fsp3) is 0.250. The second-order valence-corrected chi connectivity index (χ2v) is 4.43. The zero-order valence-corrected chi connectivity index (χ0v) is 11.1. The van der Waals surface area contributed by atoms with Crippen molar-refractivity contribution in [2.75, 3.05) is 6.61 Å². The van der Waals surface area contributed by atoms with Crippen LogP contribution >= 0.6 is 0 Å². The van der Waals surface area contributed by atoms with Crippen LogP contribution in [0.5, 0.6) is 5.75 Å². The molecule has 100 valence electrons. The van der Waals surface area contributed by atoms with Gasteiger partial charge in [-0.15, -0.1) is 0 Å². The van der Waals surface area contributed by atoms with E-state index in [1.165, 1.54) is 6.07 Å². The predicted octanol–water partition coefficient (Wildman–Crippen LogP) is 3.61. The number of rotatable bonds is 4. The molecule has 0 aliphatic heterocycles. The molecule has 1 unspecified atom stereocenters. The molecule has 1 N–H and O–H groups in total. The highest BCUT2D eigenvalue weighted by molar-refractivity contribution is 5.36. The summed E-state index contributed by atoms with van der Waals surface area (Å²) >= 11 is 0. The number of aryl methyl sites for hydroxylation is 1. The van der Waals surface area contributed by atoms with Crippen LogP contribution in [0.15, 0.2) is 42.5 Å². The van der Waals surface area contributed by atoms with E-state index in [2.05, 4.69) is 0 Å². The maximum absolute atomic E-state index is 13.8. The molecular formula is C16H17FO2. The van der Waals surface area contributed by atoms with Crippen LogP contribution in [0.25, 0.3) is 0 Å². The lowest BCUT2D eigenvalue weighted by Gasteiger charge is -2.14. The molecule has 0 aliphatic carbocycles. The summed E-state index contributed by atoms with van der Waals surface area (Å²) in [5, 5.41) is 10.3. The Morgan fingerprint density at radius 2 is 2.00 bits per heavy atom. The highest BCUT2D eigenvalue weighted by atomic mass is 19.1. The standard InChI is InChI=1S/C16H17FO2/c1-3-19-13-6-4-5-12(10-13)16(18)14-8-7-11(2)9-15(14)17/h4-10,16,18H,3H2,1-2H3. The van der Waals surface area contributed by atoms with Crippen molar-refractivity contribution >= 4 is 0 Å². The molecule has 2 aromatic rings. The second kappa shape index (κ2) is 5.85. The molecule has 0 saturated carbocycles. The van der Waals surface area contributed by atoms with Crippen molar-refractivity contribution in [3.8, 4) is 5.75 Å². The summed E-state index contributed by atoms with van der Waals surface area (Å²) in [5.74, 6) is 0.279. The fourth-order valence-electron chi connectivity index (χ4n) is 1.97. The normalized spacial score (nSPS) is 12.2. The molecule has 0 aliphatic rings. The number of aliphatic hydroxyl groups is 1. The van der Waals surface area contributed by atoms with Crippen molar-refractivity contribution in [1.82, 2.24) is 0 Å². The Hall–Kier alpha value is -1.87. The molecule has 1 atom stereocenters. The van der Waals surface area contributed by atoms with E-state index >= 15 is 0 Å². The van der Waals surface area contributed by atoms with Gasteiger partial charge in [-0.1, -0.05) is 24.3 Å². The number of benzene rings is 2. The Morgan fingerprint density at radius 3 is 2.68 bits per heavy atom. The smallest absolute Gasteiger partial charge is 0.129 e. The van der Waals surface area contributed by atoms with Crippen LogP contribution in [0.4, 0.5) is 4.39 Å². The quantitative estimate of drug-likeness (QED) is 0.909. The summed E-state index contributed by atoms with van der Waals surface area (Å²) in [6, 6.07) is 11.9. The number of halogens is 1. The Morgan fingerprint density at radius 1 is 1.21 bits per heavy atom. The van der Waals surface area contributed by atoms with E-state index in [1.54, 1.807) is 30.3 Å². The third-order valence-electron chi connectivity index (χ3n) is 2.94. The Labute approximate surface area is 112 Å². The van der Waals surface area contributed by atoms with Gasteiger partial charge in [-0.3, -0.25) is 0 Å². The van der Waals surface area contributed by atoms with Crippen molar-refractivity contribution in [2.24, 2.45) is 0 Å². The van der Waals surface area contributed by atoms with Gasteiger partial charge >= 0.3 is 0 Å². The third-order valence-corrected chi connectivity index (χ3v) is 2.94. The summed E-state index contributed by atoms with van der Waals surface area (Å²) in [6.45, 7) is 4.26. The van der Waals surface area contributed by atoms with E-state index in [-0.39, 0.29) is 5.56 Å². The van der Waals surface area contributed by atoms with Crippen LogP contribution in [-0.4, -0.2) is 11.7 Å². The minimum absolute atomic E-state index is 0.277. The fourth-order valence-corrected chi connectivity index (χ4v) is 1.97. The van der Waals surface area contributed by atoms with Crippen LogP contribution < -0.4 is 4.74 Å². The van der Waals surface area contributed by atoms with E-state index in [0.717, 1.165) is 5.56 Å². The van der Waals surface area contributed by atoms with Gasteiger partial charge < -0.3 is 9.84 Å². The van der Waals surface area contributed by atoms with Crippen molar-refractivity contribution in [3.05, 3.63) is 65.0 Å². The number of hydrogen-bond acceptors (Lipinski definition) is 2. The third kappa shape index (κ3) is 3.12. The van der Waals surface area contributed by atoms with Crippen molar-refractivity contribution in [2.45, 2.75) is 20.0 Å². The Kier molecular flexibility index (Phi) is 4.17. The lowest BCUT2D eigenvalue weighted by atomic mass is 10.00. The first-order valence-electron chi connectivity index (χ1n) is 6.28. The highest BCUT2D eigenvalue weighted by Gasteiger charge is 2.15. The summed E-state index contributed by atoms with van der Waals surface area (Å²) in [7, 11) is 0. The molecule has 0 saturated heterocycles. The molecule has 2 aromatic carbocycles. The SMILES string of the molecule is CCOc1cccc(C(O)c2ccc(C)cc2F)c1. The van der Waals surface area contributed by atoms with Crippen molar-refractivity contribution in [1.29, 1.82) is 0 Å². The minimum atomic E-state index is -0.985. The summed E-state index contributed by atoms with van der Waals surface area (Å²) in [6.07, 6.45) is -0.985. The summed E-state index contributed by atoms with van der Waals surface area (Å²) in [5.41, 5.74) is 1.73. The first kappa shape index (κ1) is 13.6. The van der Waals surface area contributed by atoms with E-state index in [9.17, 15) is 9.50 Å². The first-order valence-corrected chi connectivity index (χ1v) is 6.28. The van der Waals surface area contributed by atoms with Crippen LogP contribution in [-0.2, 0) is 0 Å². The molecule has 19 heavy (non-hydrogen) atoms. The van der Waals surface area contributed by atoms with Gasteiger partial charge in [0.05, 0.1) is 6.61 Å². The summed E-state index contributed by atoms with van der Waals surface area (Å²) < 4.78 is 19.2. The second-order valence-electron chi connectivity index (χ2n) is 4.43. The number of ether oxygens (including phenoxy) is 1. The van der Waals surface area contributed by atoms with Crippen LogP contribution in [0, 0.1) is 12.7 Å². The molecule has 0 spiro atoms. The predicted molar refractivity (Wildman–Crippen MR) is 72.8 cm³/mol. The average Bonchev–Trinajstić information content (AvgIpc) is 2.39. The van der Waals surface area contributed by atoms with Gasteiger partial charge in [0.2, 0.25) is 0 Å². The minimum Gasteiger partial charge on any atom is -0.494 e. The monoisotopic (exact) mass is 260 g/mol. The largest absolute Gasteiger partial charge is 0.494 e. The molecular weight excluding hydrogens is 243 g/mol. The lowest BCUT2D eigenvalue weighted by Crippen LogP contribution is -2.03. The molecule has 3 heteroatoms. The first-order chi connectivity index (χ1) is 9.11. The van der Waals surface area contributed by atoms with Gasteiger partial charge in [0.1, 0.15) is 17.7 Å². The lowest BCUT2D eigenvalue weighted by molar-refractivity contribution is 0.214. The zero-order valence-electron chi connectivity index (χ0n) is 11.1. The average molecular weight is 260 g/mol. The van der Waals surface area contributed by atoms with Crippen LogP contribution in [0.2, 0.25) is 0 Å². The van der Waals surface area contributed by atoms with E-state index in [1.807, 2.05) is 19.9 Å². The van der Waals surface area contributed by atoms with Gasteiger partial charge in [-0.05, 0) is 43.2 Å². The van der Waals surface area contributed by atoms with Gasteiger partial charge in [0.15, 0.2) is 0 Å². The summed E-state index contributed by atoms with van der Waals surface area (Å²) in [4.78, 5) is 0. The van der Waals surface area contributed by atoms with Crippen LogP contribution in [0.3, 0.4) is 0 Å². The van der Waals surface area contributed by atoms with Crippen molar-refractivity contribution < 1.29 is 14.2 Å². The molecule has 0 heterocycles. The van der Waals surface area contributed by atoms with Crippen LogP contribution in [0.1, 0.15) is 29.7 Å². The zero-order chi connectivity index (χ0) is 13.8. The molecule has 2 nitrogen and oxygen atoms in total. The number of aliphatic hydroxyl groups excluding tert-OH is 1. The van der Waals surface area contributed by atoms with E-state index < -0.39 is 11.9 Å². The molecule has 2 rings (SSSR count). The van der Waals surface area contributed by atoms with E-state index in [4.69, 9.17) is 4.74 Å². The maximum Gasteiger partial charge on any atom is 0.129 e. The van der Waals surface area contributed by atoms with Crippen molar-refractivity contribution in [3.63, 3.8) is 0 Å². The highest BCUT2D eigenvalue weighted by Crippen LogP contribution is 2.27.